The molecule has 27 heavy (non-hydrogen) atoms. The van der Waals surface area contributed by atoms with Crippen molar-refractivity contribution in [2.45, 2.75) is 32.2 Å². The van der Waals surface area contributed by atoms with Gasteiger partial charge in [0.05, 0.1) is 18.6 Å². The Hall–Kier alpha value is -2.32. The minimum Gasteiger partial charge on any atom is -0.383 e. The number of amides is 2. The van der Waals surface area contributed by atoms with Gasteiger partial charge in [-0.1, -0.05) is 41.7 Å². The molecule has 2 heterocycles. The molecule has 8 heteroatoms. The van der Waals surface area contributed by atoms with E-state index in [1.165, 1.54) is 16.9 Å². The third kappa shape index (κ3) is 5.11. The molecule has 144 valence electrons. The van der Waals surface area contributed by atoms with Crippen molar-refractivity contribution in [1.29, 1.82) is 0 Å². The molecule has 1 fully saturated rings. The molecule has 2 atom stereocenters. The Morgan fingerprint density at radius 2 is 2.11 bits per heavy atom. The third-order valence-electron chi connectivity index (χ3n) is 4.64. The number of hydrogen-bond donors (Lipinski definition) is 1. The first-order valence-electron chi connectivity index (χ1n) is 9.02. The summed E-state index contributed by atoms with van der Waals surface area (Å²) in [5.74, 6) is -0.560. The van der Waals surface area contributed by atoms with E-state index in [9.17, 15) is 9.59 Å². The summed E-state index contributed by atoms with van der Waals surface area (Å²) >= 11 is 1.38. The zero-order chi connectivity index (χ0) is 19.2. The lowest BCUT2D eigenvalue weighted by molar-refractivity contribution is -0.130. The van der Waals surface area contributed by atoms with Gasteiger partial charge in [0.15, 0.2) is 0 Å². The molecular weight excluding hydrogens is 364 g/mol. The summed E-state index contributed by atoms with van der Waals surface area (Å²) in [5.41, 5.74) is 1.24. The number of hydrogen-bond acceptors (Lipinski definition) is 6. The second-order valence-electron chi connectivity index (χ2n) is 6.73. The minimum absolute atomic E-state index is 0.0134. The van der Waals surface area contributed by atoms with E-state index in [2.05, 4.69) is 27.6 Å². The fourth-order valence-electron chi connectivity index (χ4n) is 3.17. The predicted molar refractivity (Wildman–Crippen MR) is 104 cm³/mol. The van der Waals surface area contributed by atoms with Crippen LogP contribution in [-0.4, -0.2) is 53.2 Å². The van der Waals surface area contributed by atoms with E-state index in [0.717, 1.165) is 17.8 Å². The Morgan fingerprint density at radius 3 is 2.85 bits per heavy atom. The average molecular weight is 388 g/mol. The molecule has 1 aromatic carbocycles. The average Bonchev–Trinajstić information content (AvgIpc) is 3.27. The molecule has 0 saturated carbocycles. The molecule has 7 nitrogen and oxygen atoms in total. The van der Waals surface area contributed by atoms with Crippen molar-refractivity contribution < 1.29 is 14.3 Å². The van der Waals surface area contributed by atoms with Gasteiger partial charge in [-0.15, -0.1) is 10.2 Å². The zero-order valence-corrected chi connectivity index (χ0v) is 16.4. The Kier molecular flexibility index (Phi) is 6.52. The van der Waals surface area contributed by atoms with Gasteiger partial charge in [0.25, 0.3) is 0 Å². The first-order chi connectivity index (χ1) is 13.1. The van der Waals surface area contributed by atoms with Crippen LogP contribution >= 0.6 is 11.3 Å². The standard InChI is InChI=1S/C19H24N4O3S/c1-13(12-26-2)23-11-15(10-17(23)24)18(25)20-19-22-21-16(27-19)9-8-14-6-4-3-5-7-14/h3-7,13,15H,8-12H2,1-2H3,(H,20,22,25). The fourth-order valence-corrected chi connectivity index (χ4v) is 3.92. The quantitative estimate of drug-likeness (QED) is 0.749. The molecule has 0 aliphatic carbocycles. The predicted octanol–water partition coefficient (Wildman–Crippen LogP) is 2.15. The van der Waals surface area contributed by atoms with E-state index in [4.69, 9.17) is 4.74 Å². The maximum atomic E-state index is 12.5. The molecule has 0 radical (unpaired) electrons. The van der Waals surface area contributed by atoms with Gasteiger partial charge in [0, 0.05) is 26.5 Å². The number of ether oxygens (including phenoxy) is 1. The van der Waals surface area contributed by atoms with Crippen LogP contribution in [0.1, 0.15) is 23.9 Å². The van der Waals surface area contributed by atoms with Gasteiger partial charge in [-0.25, -0.2) is 0 Å². The largest absolute Gasteiger partial charge is 0.383 e. The normalized spacial score (nSPS) is 17.9. The van der Waals surface area contributed by atoms with Gasteiger partial charge in [-0.05, 0) is 18.9 Å². The van der Waals surface area contributed by atoms with Crippen molar-refractivity contribution in [1.82, 2.24) is 15.1 Å². The van der Waals surface area contributed by atoms with Crippen LogP contribution in [0.5, 0.6) is 0 Å². The highest BCUT2D eigenvalue weighted by Crippen LogP contribution is 2.23. The smallest absolute Gasteiger partial charge is 0.231 e. The molecule has 1 aromatic heterocycles. The number of aromatic nitrogens is 2. The number of methoxy groups -OCH3 is 1. The summed E-state index contributed by atoms with van der Waals surface area (Å²) in [6.07, 6.45) is 1.88. The van der Waals surface area contributed by atoms with E-state index < -0.39 is 0 Å². The Labute approximate surface area is 162 Å². The Morgan fingerprint density at radius 1 is 1.33 bits per heavy atom. The Balaban J connectivity index is 1.51. The van der Waals surface area contributed by atoms with Gasteiger partial charge in [0.1, 0.15) is 5.01 Å². The van der Waals surface area contributed by atoms with Crippen LogP contribution in [0.15, 0.2) is 30.3 Å². The molecule has 1 N–H and O–H groups in total. The van der Waals surface area contributed by atoms with Crippen LogP contribution in [0.3, 0.4) is 0 Å². The molecule has 0 spiro atoms. The summed E-state index contributed by atoms with van der Waals surface area (Å²) < 4.78 is 5.10. The summed E-state index contributed by atoms with van der Waals surface area (Å²) in [5, 5.41) is 12.4. The summed E-state index contributed by atoms with van der Waals surface area (Å²) in [6.45, 7) is 2.79. The number of likely N-dealkylation sites (tertiary alicyclic amines) is 1. The molecule has 1 aliphatic rings. The zero-order valence-electron chi connectivity index (χ0n) is 15.6. The molecule has 2 aromatic rings. The molecule has 2 unspecified atom stereocenters. The van der Waals surface area contributed by atoms with Crippen LogP contribution in [0.4, 0.5) is 5.13 Å². The number of rotatable bonds is 8. The highest BCUT2D eigenvalue weighted by Gasteiger charge is 2.36. The molecular formula is C19H24N4O3S. The molecule has 3 rings (SSSR count). The number of benzene rings is 1. The first kappa shape index (κ1) is 19.4. The number of nitrogens with one attached hydrogen (secondary N) is 1. The van der Waals surface area contributed by atoms with E-state index in [1.807, 2.05) is 25.1 Å². The monoisotopic (exact) mass is 388 g/mol. The number of nitrogens with zero attached hydrogens (tertiary/aromatic N) is 3. The number of carbonyl (C=O) groups is 2. The molecule has 1 saturated heterocycles. The highest BCUT2D eigenvalue weighted by molar-refractivity contribution is 7.15. The SMILES string of the molecule is COCC(C)N1CC(C(=O)Nc2nnc(CCc3ccccc3)s2)CC1=O. The van der Waals surface area contributed by atoms with Crippen molar-refractivity contribution >= 4 is 28.3 Å². The van der Waals surface area contributed by atoms with Crippen molar-refractivity contribution in [2.24, 2.45) is 5.92 Å². The maximum absolute atomic E-state index is 12.5. The highest BCUT2D eigenvalue weighted by atomic mass is 32.1. The second-order valence-corrected chi connectivity index (χ2v) is 7.79. The van der Waals surface area contributed by atoms with Crippen LogP contribution in [0.2, 0.25) is 0 Å². The summed E-state index contributed by atoms with van der Waals surface area (Å²) in [4.78, 5) is 26.3. The van der Waals surface area contributed by atoms with E-state index in [-0.39, 0.29) is 30.2 Å². The topological polar surface area (TPSA) is 84.4 Å². The van der Waals surface area contributed by atoms with E-state index in [1.54, 1.807) is 12.0 Å². The van der Waals surface area contributed by atoms with Crippen molar-refractivity contribution in [3.8, 4) is 0 Å². The van der Waals surface area contributed by atoms with E-state index >= 15 is 0 Å². The van der Waals surface area contributed by atoms with Crippen LogP contribution in [-0.2, 0) is 27.2 Å². The number of carbonyl (C=O) groups excluding carboxylic acids is 2. The van der Waals surface area contributed by atoms with Gasteiger partial charge in [0.2, 0.25) is 16.9 Å². The van der Waals surface area contributed by atoms with E-state index in [0.29, 0.717) is 18.3 Å². The lowest BCUT2D eigenvalue weighted by Gasteiger charge is -2.23. The molecule has 2 amide bonds. The van der Waals surface area contributed by atoms with Gasteiger partial charge >= 0.3 is 0 Å². The Bertz CT molecular complexity index is 780. The van der Waals surface area contributed by atoms with Crippen molar-refractivity contribution in [3.63, 3.8) is 0 Å². The van der Waals surface area contributed by atoms with Crippen LogP contribution in [0, 0.1) is 5.92 Å². The van der Waals surface area contributed by atoms with Gasteiger partial charge in [-0.2, -0.15) is 0 Å². The third-order valence-corrected chi connectivity index (χ3v) is 5.53. The van der Waals surface area contributed by atoms with Crippen LogP contribution in [0.25, 0.3) is 0 Å². The fraction of sp³-hybridized carbons (Fsp3) is 0.474. The van der Waals surface area contributed by atoms with Crippen LogP contribution < -0.4 is 5.32 Å². The number of anilines is 1. The maximum Gasteiger partial charge on any atom is 0.231 e. The summed E-state index contributed by atoms with van der Waals surface area (Å²) in [6, 6.07) is 10.1. The van der Waals surface area contributed by atoms with Gasteiger partial charge < -0.3 is 15.0 Å². The molecule has 0 bridgehead atoms. The van der Waals surface area contributed by atoms with Gasteiger partial charge in [-0.3, -0.25) is 9.59 Å². The first-order valence-corrected chi connectivity index (χ1v) is 9.84. The molecule has 1 aliphatic heterocycles. The van der Waals surface area contributed by atoms with Crippen molar-refractivity contribution in [3.05, 3.63) is 40.9 Å². The summed E-state index contributed by atoms with van der Waals surface area (Å²) in [7, 11) is 1.60. The minimum atomic E-state index is -0.367. The van der Waals surface area contributed by atoms with Crippen molar-refractivity contribution in [2.75, 3.05) is 25.6 Å². The second kappa shape index (κ2) is 9.05. The lowest BCUT2D eigenvalue weighted by atomic mass is 10.1. The lowest BCUT2D eigenvalue weighted by Crippen LogP contribution is -2.38. The number of aryl methyl sites for hydroxylation is 2.